The van der Waals surface area contributed by atoms with Crippen LogP contribution in [-0.4, -0.2) is 16.3 Å². The second kappa shape index (κ2) is 4.94. The Balaban J connectivity index is 2.15. The van der Waals surface area contributed by atoms with Gasteiger partial charge in [-0.1, -0.05) is 18.2 Å². The Labute approximate surface area is 102 Å². The Morgan fingerprint density at radius 2 is 2.00 bits per heavy atom. The lowest BCUT2D eigenvalue weighted by Crippen LogP contribution is -2.10. The van der Waals surface area contributed by atoms with Crippen LogP contribution < -0.4 is 0 Å². The summed E-state index contributed by atoms with van der Waals surface area (Å²) in [6, 6.07) is 8.63. The lowest BCUT2D eigenvalue weighted by atomic mass is 10.0. The summed E-state index contributed by atoms with van der Waals surface area (Å²) >= 11 is 0. The number of aliphatic hydroxyl groups is 1. The van der Waals surface area contributed by atoms with Crippen LogP contribution in [0.2, 0.25) is 0 Å². The van der Waals surface area contributed by atoms with E-state index in [1.165, 1.54) is 0 Å². The fourth-order valence-electron chi connectivity index (χ4n) is 1.76. The van der Waals surface area contributed by atoms with Gasteiger partial charge in [0.1, 0.15) is 0 Å². The SMILES string of the molecule is OC(CCC(F)(F)F)c1ccc2cccnc2c1. The third-order valence-corrected chi connectivity index (χ3v) is 2.72. The van der Waals surface area contributed by atoms with Crippen molar-refractivity contribution < 1.29 is 18.3 Å². The zero-order valence-electron chi connectivity index (χ0n) is 9.48. The Morgan fingerprint density at radius 1 is 1.22 bits per heavy atom. The van der Waals surface area contributed by atoms with Gasteiger partial charge in [-0.2, -0.15) is 13.2 Å². The highest BCUT2D eigenvalue weighted by Crippen LogP contribution is 2.28. The number of alkyl halides is 3. The molecule has 0 fully saturated rings. The van der Waals surface area contributed by atoms with E-state index in [2.05, 4.69) is 4.98 Å². The van der Waals surface area contributed by atoms with Crippen LogP contribution in [-0.2, 0) is 0 Å². The number of rotatable bonds is 3. The number of benzene rings is 1. The number of hydrogen-bond acceptors (Lipinski definition) is 2. The molecular weight excluding hydrogens is 243 g/mol. The van der Waals surface area contributed by atoms with Crippen molar-refractivity contribution in [2.45, 2.75) is 25.1 Å². The molecule has 0 aliphatic heterocycles. The summed E-state index contributed by atoms with van der Waals surface area (Å²) in [5.41, 5.74) is 1.13. The van der Waals surface area contributed by atoms with E-state index >= 15 is 0 Å². The van der Waals surface area contributed by atoms with Gasteiger partial charge in [0, 0.05) is 18.0 Å². The van der Waals surface area contributed by atoms with E-state index in [0.717, 1.165) is 5.39 Å². The van der Waals surface area contributed by atoms with Gasteiger partial charge >= 0.3 is 6.18 Å². The largest absolute Gasteiger partial charge is 0.389 e. The van der Waals surface area contributed by atoms with Gasteiger partial charge in [-0.3, -0.25) is 4.98 Å². The van der Waals surface area contributed by atoms with Crippen LogP contribution in [0.4, 0.5) is 13.2 Å². The Bertz CT molecular complexity index is 539. The van der Waals surface area contributed by atoms with Crippen LogP contribution in [0.3, 0.4) is 0 Å². The summed E-state index contributed by atoms with van der Waals surface area (Å²) in [4.78, 5) is 4.10. The molecule has 1 unspecified atom stereocenters. The first-order chi connectivity index (χ1) is 8.46. The second-order valence-electron chi connectivity index (χ2n) is 4.13. The highest BCUT2D eigenvalue weighted by molar-refractivity contribution is 5.78. The number of pyridine rings is 1. The Morgan fingerprint density at radius 3 is 2.72 bits per heavy atom. The van der Waals surface area contributed by atoms with Crippen molar-refractivity contribution >= 4 is 10.9 Å². The molecule has 0 aliphatic carbocycles. The molecule has 0 saturated heterocycles. The summed E-state index contributed by atoms with van der Waals surface area (Å²) in [5.74, 6) is 0. The van der Waals surface area contributed by atoms with Crippen LogP contribution >= 0.6 is 0 Å². The molecule has 0 spiro atoms. The molecule has 5 heteroatoms. The van der Waals surface area contributed by atoms with E-state index in [9.17, 15) is 18.3 Å². The van der Waals surface area contributed by atoms with Crippen LogP contribution in [0.15, 0.2) is 36.5 Å². The van der Waals surface area contributed by atoms with Gasteiger partial charge in [-0.05, 0) is 24.1 Å². The number of aliphatic hydroxyl groups excluding tert-OH is 1. The minimum atomic E-state index is -4.24. The first kappa shape index (κ1) is 12.8. The maximum Gasteiger partial charge on any atom is 0.389 e. The molecule has 0 bridgehead atoms. The molecule has 96 valence electrons. The van der Waals surface area contributed by atoms with Gasteiger partial charge in [-0.25, -0.2) is 0 Å². The van der Waals surface area contributed by atoms with Crippen molar-refractivity contribution in [1.82, 2.24) is 4.98 Å². The Hall–Kier alpha value is -1.62. The summed E-state index contributed by atoms with van der Waals surface area (Å²) in [6.07, 6.45) is -5.07. The van der Waals surface area contributed by atoms with E-state index in [1.54, 1.807) is 30.5 Å². The molecule has 1 aromatic heterocycles. The topological polar surface area (TPSA) is 33.1 Å². The second-order valence-corrected chi connectivity index (χ2v) is 4.13. The van der Waals surface area contributed by atoms with Crippen molar-refractivity contribution in [1.29, 1.82) is 0 Å². The number of fused-ring (bicyclic) bond motifs is 1. The lowest BCUT2D eigenvalue weighted by Gasteiger charge is -2.13. The predicted octanol–water partition coefficient (Wildman–Crippen LogP) is 3.61. The first-order valence-electron chi connectivity index (χ1n) is 5.55. The van der Waals surface area contributed by atoms with Crippen LogP contribution in [0.25, 0.3) is 10.9 Å². The maximum absolute atomic E-state index is 12.1. The van der Waals surface area contributed by atoms with Crippen molar-refractivity contribution in [3.8, 4) is 0 Å². The van der Waals surface area contributed by atoms with Crippen molar-refractivity contribution in [2.24, 2.45) is 0 Å². The highest BCUT2D eigenvalue weighted by atomic mass is 19.4. The van der Waals surface area contributed by atoms with Gasteiger partial charge in [-0.15, -0.1) is 0 Å². The fourth-order valence-corrected chi connectivity index (χ4v) is 1.76. The molecular formula is C13H12F3NO. The molecule has 2 nitrogen and oxygen atoms in total. The standard InChI is InChI=1S/C13H12F3NO/c14-13(15,16)6-5-12(18)10-4-3-9-2-1-7-17-11(9)8-10/h1-4,7-8,12,18H,5-6H2. The fraction of sp³-hybridized carbons (Fsp3) is 0.308. The van der Waals surface area contributed by atoms with Gasteiger partial charge in [0.05, 0.1) is 11.6 Å². The predicted molar refractivity (Wildman–Crippen MR) is 62.0 cm³/mol. The molecule has 18 heavy (non-hydrogen) atoms. The molecule has 0 aliphatic rings. The van der Waals surface area contributed by atoms with Crippen LogP contribution in [0.1, 0.15) is 24.5 Å². The van der Waals surface area contributed by atoms with E-state index < -0.39 is 18.7 Å². The molecule has 2 aromatic rings. The zero-order valence-corrected chi connectivity index (χ0v) is 9.48. The van der Waals surface area contributed by atoms with Crippen molar-refractivity contribution in [2.75, 3.05) is 0 Å². The summed E-state index contributed by atoms with van der Waals surface area (Å²) < 4.78 is 36.2. The third-order valence-electron chi connectivity index (χ3n) is 2.72. The molecule has 2 rings (SSSR count). The summed E-state index contributed by atoms with van der Waals surface area (Å²) in [5, 5.41) is 10.6. The Kier molecular flexibility index (Phi) is 3.52. The minimum absolute atomic E-state index is 0.332. The average molecular weight is 255 g/mol. The quantitative estimate of drug-likeness (QED) is 0.908. The van der Waals surface area contributed by atoms with E-state index in [1.807, 2.05) is 6.07 Å². The summed E-state index contributed by atoms with van der Waals surface area (Å²) in [6.45, 7) is 0. The molecule has 1 N–H and O–H groups in total. The van der Waals surface area contributed by atoms with E-state index in [-0.39, 0.29) is 6.42 Å². The van der Waals surface area contributed by atoms with Gasteiger partial charge in [0.15, 0.2) is 0 Å². The summed E-state index contributed by atoms with van der Waals surface area (Å²) in [7, 11) is 0. The van der Waals surface area contributed by atoms with Gasteiger partial charge in [0.25, 0.3) is 0 Å². The zero-order chi connectivity index (χ0) is 13.2. The van der Waals surface area contributed by atoms with Gasteiger partial charge in [0.2, 0.25) is 0 Å². The molecule has 0 saturated carbocycles. The molecule has 1 aromatic carbocycles. The van der Waals surface area contributed by atoms with E-state index in [4.69, 9.17) is 0 Å². The number of nitrogens with zero attached hydrogens (tertiary/aromatic N) is 1. The van der Waals surface area contributed by atoms with E-state index in [0.29, 0.717) is 11.1 Å². The number of halogens is 3. The molecule has 0 radical (unpaired) electrons. The average Bonchev–Trinajstić information content (AvgIpc) is 2.34. The molecule has 1 heterocycles. The smallest absolute Gasteiger partial charge is 0.388 e. The minimum Gasteiger partial charge on any atom is -0.388 e. The first-order valence-corrected chi connectivity index (χ1v) is 5.55. The monoisotopic (exact) mass is 255 g/mol. The van der Waals surface area contributed by atoms with Crippen molar-refractivity contribution in [3.63, 3.8) is 0 Å². The molecule has 1 atom stereocenters. The number of hydrogen-bond donors (Lipinski definition) is 1. The normalized spacial score (nSPS) is 13.8. The lowest BCUT2D eigenvalue weighted by molar-refractivity contribution is -0.140. The van der Waals surface area contributed by atoms with Crippen molar-refractivity contribution in [3.05, 3.63) is 42.1 Å². The maximum atomic E-state index is 12.1. The van der Waals surface area contributed by atoms with Crippen LogP contribution in [0, 0.1) is 0 Å². The third kappa shape index (κ3) is 3.20. The highest BCUT2D eigenvalue weighted by Gasteiger charge is 2.28. The number of aromatic nitrogens is 1. The molecule has 0 amide bonds. The van der Waals surface area contributed by atoms with Gasteiger partial charge < -0.3 is 5.11 Å². The van der Waals surface area contributed by atoms with Crippen LogP contribution in [0.5, 0.6) is 0 Å².